The van der Waals surface area contributed by atoms with Crippen molar-refractivity contribution in [3.63, 3.8) is 0 Å². The lowest BCUT2D eigenvalue weighted by molar-refractivity contribution is -0.167. The molecule has 0 aliphatic heterocycles. The maximum Gasteiger partial charge on any atom is 0.306 e. The van der Waals surface area contributed by atoms with Gasteiger partial charge in [-0.2, -0.15) is 0 Å². The van der Waals surface area contributed by atoms with Gasteiger partial charge in [-0.25, -0.2) is 0 Å². The minimum Gasteiger partial charge on any atom is -0.462 e. The Labute approximate surface area is 365 Å². The lowest BCUT2D eigenvalue weighted by Crippen LogP contribution is -2.30. The van der Waals surface area contributed by atoms with Crippen LogP contribution in [0.3, 0.4) is 0 Å². The van der Waals surface area contributed by atoms with Gasteiger partial charge in [0.2, 0.25) is 0 Å². The Balaban J connectivity index is 4.34. The summed E-state index contributed by atoms with van der Waals surface area (Å²) in [7, 11) is 0. The zero-order valence-corrected chi connectivity index (χ0v) is 39.0. The summed E-state index contributed by atoms with van der Waals surface area (Å²) in [6.07, 6.45) is 56.6. The van der Waals surface area contributed by atoms with Crippen molar-refractivity contribution in [2.24, 2.45) is 0 Å². The first kappa shape index (κ1) is 56.4. The molecular formula is C53H94O6. The van der Waals surface area contributed by atoms with Gasteiger partial charge in [-0.3, -0.25) is 14.4 Å². The van der Waals surface area contributed by atoms with Gasteiger partial charge in [-0.1, -0.05) is 204 Å². The Morgan fingerprint density at radius 3 is 1.05 bits per heavy atom. The molecular weight excluding hydrogens is 733 g/mol. The average Bonchev–Trinajstić information content (AvgIpc) is 3.23. The molecule has 0 saturated heterocycles. The molecule has 0 bridgehead atoms. The largest absolute Gasteiger partial charge is 0.462 e. The highest BCUT2D eigenvalue weighted by Gasteiger charge is 2.19. The summed E-state index contributed by atoms with van der Waals surface area (Å²) >= 11 is 0. The molecule has 0 aromatic rings. The topological polar surface area (TPSA) is 78.9 Å². The first-order valence-corrected chi connectivity index (χ1v) is 25.1. The molecule has 0 aromatic heterocycles. The molecule has 0 heterocycles. The molecule has 0 saturated carbocycles. The molecule has 342 valence electrons. The molecule has 0 fully saturated rings. The van der Waals surface area contributed by atoms with Crippen molar-refractivity contribution in [2.45, 2.75) is 258 Å². The normalized spacial score (nSPS) is 12.4. The highest BCUT2D eigenvalue weighted by Crippen LogP contribution is 2.14. The molecule has 59 heavy (non-hydrogen) atoms. The number of hydrogen-bond acceptors (Lipinski definition) is 6. The van der Waals surface area contributed by atoms with Crippen molar-refractivity contribution >= 4 is 17.9 Å². The van der Waals surface area contributed by atoms with Crippen LogP contribution >= 0.6 is 0 Å². The van der Waals surface area contributed by atoms with E-state index >= 15 is 0 Å². The Morgan fingerprint density at radius 1 is 0.356 bits per heavy atom. The van der Waals surface area contributed by atoms with Crippen LogP contribution in [0.1, 0.15) is 252 Å². The standard InChI is InChI=1S/C53H94O6/c1-4-7-10-13-16-19-21-23-25-26-28-29-31-34-37-40-43-46-52(55)58-49-50(48-57-51(54)45-42-39-36-33-18-15-12-9-6-3)59-53(56)47-44-41-38-35-32-30-27-24-22-20-17-14-11-8-5-2/h7,10,16,19,23-25,27,50H,4-6,8-9,11-15,17-18,20-22,26,28-49H2,1-3H3/b10-7-,19-16-,25-23-,27-24-. The predicted octanol–water partition coefficient (Wildman–Crippen LogP) is 16.3. The van der Waals surface area contributed by atoms with Crippen LogP contribution in [0, 0.1) is 0 Å². The van der Waals surface area contributed by atoms with Gasteiger partial charge >= 0.3 is 17.9 Å². The summed E-state index contributed by atoms with van der Waals surface area (Å²) in [5.74, 6) is -0.894. The van der Waals surface area contributed by atoms with E-state index in [1.165, 1.54) is 116 Å². The summed E-state index contributed by atoms with van der Waals surface area (Å²) in [5, 5.41) is 0. The minimum atomic E-state index is -0.777. The summed E-state index contributed by atoms with van der Waals surface area (Å²) in [4.78, 5) is 37.8. The Bertz CT molecular complexity index is 1040. The highest BCUT2D eigenvalue weighted by atomic mass is 16.6. The van der Waals surface area contributed by atoms with E-state index in [1.54, 1.807) is 0 Å². The number of unbranched alkanes of at least 4 members (excludes halogenated alkanes) is 26. The van der Waals surface area contributed by atoms with Crippen LogP contribution in [0.4, 0.5) is 0 Å². The molecule has 6 nitrogen and oxygen atoms in total. The van der Waals surface area contributed by atoms with E-state index in [0.717, 1.165) is 96.3 Å². The number of carbonyl (C=O) groups excluding carboxylic acids is 3. The number of hydrogen-bond donors (Lipinski definition) is 0. The second-order valence-electron chi connectivity index (χ2n) is 16.7. The molecule has 0 N–H and O–H groups in total. The SMILES string of the molecule is CC/C=C\C/C=C\C/C=C\CCCCCCCCCC(=O)OCC(COC(=O)CCCCCCCCCCC)OC(=O)CCCCCCC/C=C\CCCCCCCC. The quantitative estimate of drug-likeness (QED) is 0.0263. The van der Waals surface area contributed by atoms with Crippen molar-refractivity contribution in [1.82, 2.24) is 0 Å². The van der Waals surface area contributed by atoms with Crippen LogP contribution in [-0.4, -0.2) is 37.2 Å². The second kappa shape index (κ2) is 48.0. The van der Waals surface area contributed by atoms with Gasteiger partial charge in [0.1, 0.15) is 13.2 Å². The van der Waals surface area contributed by atoms with Gasteiger partial charge in [0.25, 0.3) is 0 Å². The molecule has 1 atom stereocenters. The van der Waals surface area contributed by atoms with Gasteiger partial charge in [0.05, 0.1) is 0 Å². The Kier molecular flexibility index (Phi) is 45.9. The third-order valence-electron chi connectivity index (χ3n) is 10.8. The van der Waals surface area contributed by atoms with E-state index in [4.69, 9.17) is 14.2 Å². The van der Waals surface area contributed by atoms with E-state index in [-0.39, 0.29) is 31.1 Å². The maximum atomic E-state index is 12.8. The van der Waals surface area contributed by atoms with E-state index in [0.29, 0.717) is 19.3 Å². The first-order valence-electron chi connectivity index (χ1n) is 25.1. The van der Waals surface area contributed by atoms with Crippen LogP contribution in [0.25, 0.3) is 0 Å². The highest BCUT2D eigenvalue weighted by molar-refractivity contribution is 5.71. The van der Waals surface area contributed by atoms with Crippen molar-refractivity contribution in [3.8, 4) is 0 Å². The molecule has 0 radical (unpaired) electrons. The van der Waals surface area contributed by atoms with Gasteiger partial charge in [0, 0.05) is 19.3 Å². The van der Waals surface area contributed by atoms with Gasteiger partial charge < -0.3 is 14.2 Å². The van der Waals surface area contributed by atoms with Crippen LogP contribution in [-0.2, 0) is 28.6 Å². The van der Waals surface area contributed by atoms with E-state index < -0.39 is 6.10 Å². The van der Waals surface area contributed by atoms with E-state index in [1.807, 2.05) is 0 Å². The second-order valence-corrected chi connectivity index (χ2v) is 16.7. The molecule has 0 rings (SSSR count). The van der Waals surface area contributed by atoms with E-state index in [9.17, 15) is 14.4 Å². The summed E-state index contributed by atoms with van der Waals surface area (Å²) in [5.41, 5.74) is 0. The lowest BCUT2D eigenvalue weighted by Gasteiger charge is -2.18. The fourth-order valence-corrected chi connectivity index (χ4v) is 7.04. The van der Waals surface area contributed by atoms with Gasteiger partial charge in [-0.15, -0.1) is 0 Å². The number of carbonyl (C=O) groups is 3. The predicted molar refractivity (Wildman–Crippen MR) is 252 cm³/mol. The molecule has 0 spiro atoms. The summed E-state index contributed by atoms with van der Waals surface area (Å²) in [6, 6.07) is 0. The average molecular weight is 827 g/mol. The number of esters is 3. The summed E-state index contributed by atoms with van der Waals surface area (Å²) < 4.78 is 16.7. The maximum absolute atomic E-state index is 12.8. The van der Waals surface area contributed by atoms with Crippen molar-refractivity contribution in [3.05, 3.63) is 48.6 Å². The Hall–Kier alpha value is -2.63. The van der Waals surface area contributed by atoms with Gasteiger partial charge in [-0.05, 0) is 77.0 Å². The zero-order valence-electron chi connectivity index (χ0n) is 39.0. The fourth-order valence-electron chi connectivity index (χ4n) is 7.04. The molecule has 1 unspecified atom stereocenters. The van der Waals surface area contributed by atoms with E-state index in [2.05, 4.69) is 69.4 Å². The number of ether oxygens (including phenoxy) is 3. The van der Waals surface area contributed by atoms with Crippen LogP contribution in [0.2, 0.25) is 0 Å². The summed E-state index contributed by atoms with van der Waals surface area (Å²) in [6.45, 7) is 6.49. The Morgan fingerprint density at radius 2 is 0.661 bits per heavy atom. The smallest absolute Gasteiger partial charge is 0.306 e. The fraction of sp³-hybridized carbons (Fsp3) is 0.792. The van der Waals surface area contributed by atoms with Crippen LogP contribution in [0.15, 0.2) is 48.6 Å². The van der Waals surface area contributed by atoms with Crippen molar-refractivity contribution in [1.29, 1.82) is 0 Å². The van der Waals surface area contributed by atoms with Crippen LogP contribution < -0.4 is 0 Å². The molecule has 0 amide bonds. The molecule has 0 aliphatic rings. The monoisotopic (exact) mass is 827 g/mol. The third-order valence-corrected chi connectivity index (χ3v) is 10.8. The minimum absolute atomic E-state index is 0.0779. The first-order chi connectivity index (χ1) is 29.0. The molecule has 6 heteroatoms. The number of allylic oxidation sites excluding steroid dienone is 8. The van der Waals surface area contributed by atoms with Gasteiger partial charge in [0.15, 0.2) is 6.10 Å². The molecule has 0 aliphatic carbocycles. The number of rotatable bonds is 45. The van der Waals surface area contributed by atoms with Crippen molar-refractivity contribution in [2.75, 3.05) is 13.2 Å². The zero-order chi connectivity index (χ0) is 43.0. The molecule has 0 aromatic carbocycles. The third kappa shape index (κ3) is 46.3. The van der Waals surface area contributed by atoms with Crippen LogP contribution in [0.5, 0.6) is 0 Å². The van der Waals surface area contributed by atoms with Crippen molar-refractivity contribution < 1.29 is 28.6 Å². The lowest BCUT2D eigenvalue weighted by atomic mass is 10.1.